The SMILES string of the molecule is CO[C@@H]1CN(C(=O)c2ccccc2F)C[C@@H](CC(C)C)N(C(=O)CN2CCCN(C)CC2)CCCCOC[C@@H](O)[C@H]1O. The second-order valence-corrected chi connectivity index (χ2v) is 12.1. The van der Waals surface area contributed by atoms with Crippen LogP contribution in [0, 0.1) is 11.7 Å². The first kappa shape index (κ1) is 34.3. The zero-order valence-corrected chi connectivity index (χ0v) is 25.8. The van der Waals surface area contributed by atoms with Gasteiger partial charge < -0.3 is 34.4 Å². The van der Waals surface area contributed by atoms with Gasteiger partial charge in [-0.1, -0.05) is 26.0 Å². The first-order valence-electron chi connectivity index (χ1n) is 15.3. The number of carbonyl (C=O) groups excluding carboxylic acids is 2. The van der Waals surface area contributed by atoms with E-state index < -0.39 is 30.0 Å². The predicted molar refractivity (Wildman–Crippen MR) is 159 cm³/mol. The van der Waals surface area contributed by atoms with Gasteiger partial charge in [-0.15, -0.1) is 0 Å². The van der Waals surface area contributed by atoms with Gasteiger partial charge in [-0.2, -0.15) is 0 Å². The highest BCUT2D eigenvalue weighted by Gasteiger charge is 2.35. The lowest BCUT2D eigenvalue weighted by atomic mass is 9.99. The molecule has 2 fully saturated rings. The molecule has 11 heteroatoms. The number of carbonyl (C=O) groups is 2. The minimum atomic E-state index is -1.34. The summed E-state index contributed by atoms with van der Waals surface area (Å²) in [6, 6.07) is 5.45. The van der Waals surface area contributed by atoms with Crippen LogP contribution in [0.1, 0.15) is 49.9 Å². The number of hydrogen-bond acceptors (Lipinski definition) is 8. The Morgan fingerprint density at radius 1 is 1.05 bits per heavy atom. The van der Waals surface area contributed by atoms with Crippen LogP contribution in [-0.4, -0.2) is 146 Å². The van der Waals surface area contributed by atoms with E-state index in [4.69, 9.17) is 9.47 Å². The van der Waals surface area contributed by atoms with E-state index in [1.165, 1.54) is 30.2 Å². The number of nitrogens with zero attached hydrogens (tertiary/aromatic N) is 4. The lowest BCUT2D eigenvalue weighted by molar-refractivity contribution is -0.136. The number of likely N-dealkylation sites (N-methyl/N-ethyl adjacent to an activating group) is 1. The standard InChI is InChI=1S/C31H51FN4O6/c1-23(2)18-24-19-35(31(40)25-10-5-6-11-26(25)32)20-28(41-4)30(39)27(37)22-42-17-8-7-14-36(24)29(38)21-34-13-9-12-33(3)15-16-34/h5-6,10-11,23-24,27-28,30,37,39H,7-9,12-22H2,1-4H3/t24-,27-,28-,30-/m1/s1. The van der Waals surface area contributed by atoms with E-state index in [0.717, 1.165) is 32.6 Å². The number of hydrogen-bond donors (Lipinski definition) is 2. The van der Waals surface area contributed by atoms with Crippen molar-refractivity contribution in [2.45, 2.75) is 63.9 Å². The number of ether oxygens (including phenoxy) is 2. The molecule has 0 saturated carbocycles. The van der Waals surface area contributed by atoms with E-state index in [1.54, 1.807) is 6.07 Å². The van der Waals surface area contributed by atoms with Crippen molar-refractivity contribution in [3.8, 4) is 0 Å². The minimum absolute atomic E-state index is 0.00950. The third kappa shape index (κ3) is 10.2. The maximum atomic E-state index is 14.8. The van der Waals surface area contributed by atoms with Crippen molar-refractivity contribution in [1.29, 1.82) is 0 Å². The quantitative estimate of drug-likeness (QED) is 0.513. The van der Waals surface area contributed by atoms with Crippen molar-refractivity contribution in [2.24, 2.45) is 5.92 Å². The first-order valence-corrected chi connectivity index (χ1v) is 15.3. The lowest BCUT2D eigenvalue weighted by Gasteiger charge is -2.39. The van der Waals surface area contributed by atoms with Crippen molar-refractivity contribution in [3.05, 3.63) is 35.6 Å². The van der Waals surface area contributed by atoms with Gasteiger partial charge in [0.25, 0.3) is 5.91 Å². The molecule has 2 aliphatic heterocycles. The van der Waals surface area contributed by atoms with E-state index in [-0.39, 0.29) is 43.1 Å². The van der Waals surface area contributed by atoms with E-state index in [2.05, 4.69) is 30.7 Å². The molecule has 1 aromatic carbocycles. The van der Waals surface area contributed by atoms with E-state index in [9.17, 15) is 24.2 Å². The molecule has 0 unspecified atom stereocenters. The Hall–Kier alpha value is -2.15. The van der Waals surface area contributed by atoms with Gasteiger partial charge in [-0.3, -0.25) is 14.5 Å². The van der Waals surface area contributed by atoms with Gasteiger partial charge >= 0.3 is 0 Å². The molecule has 2 aliphatic rings. The van der Waals surface area contributed by atoms with Crippen LogP contribution in [0.15, 0.2) is 24.3 Å². The minimum Gasteiger partial charge on any atom is -0.388 e. The van der Waals surface area contributed by atoms with Crippen molar-refractivity contribution in [2.75, 3.05) is 79.7 Å². The molecule has 10 nitrogen and oxygen atoms in total. The Bertz CT molecular complexity index is 984. The van der Waals surface area contributed by atoms with Crippen LogP contribution >= 0.6 is 0 Å². The van der Waals surface area contributed by atoms with E-state index in [0.29, 0.717) is 39.0 Å². The van der Waals surface area contributed by atoms with Crippen LogP contribution in [0.3, 0.4) is 0 Å². The summed E-state index contributed by atoms with van der Waals surface area (Å²) < 4.78 is 26.0. The van der Waals surface area contributed by atoms with Gasteiger partial charge in [0.2, 0.25) is 5.91 Å². The molecular weight excluding hydrogens is 543 g/mol. The van der Waals surface area contributed by atoms with Crippen LogP contribution in [-0.2, 0) is 14.3 Å². The summed E-state index contributed by atoms with van der Waals surface area (Å²) >= 11 is 0. The summed E-state index contributed by atoms with van der Waals surface area (Å²) in [5.41, 5.74) is -0.0956. The van der Waals surface area contributed by atoms with Crippen molar-refractivity contribution >= 4 is 11.8 Å². The van der Waals surface area contributed by atoms with Crippen LogP contribution in [0.25, 0.3) is 0 Å². The molecule has 2 amide bonds. The highest BCUT2D eigenvalue weighted by atomic mass is 19.1. The summed E-state index contributed by atoms with van der Waals surface area (Å²) in [5.74, 6) is -0.980. The van der Waals surface area contributed by atoms with Crippen LogP contribution < -0.4 is 0 Å². The third-order valence-electron chi connectivity index (χ3n) is 8.20. The van der Waals surface area contributed by atoms with Crippen molar-refractivity contribution < 1.29 is 33.7 Å². The van der Waals surface area contributed by atoms with Gasteiger partial charge in [-0.05, 0) is 63.9 Å². The van der Waals surface area contributed by atoms with Gasteiger partial charge in [0, 0.05) is 52.5 Å². The number of aliphatic hydroxyl groups excluding tert-OH is 2. The molecule has 4 atom stereocenters. The average Bonchev–Trinajstić information content (AvgIpc) is 3.16. The summed E-state index contributed by atoms with van der Waals surface area (Å²) in [6.07, 6.45) is -0.537. The fourth-order valence-electron chi connectivity index (χ4n) is 5.77. The van der Waals surface area contributed by atoms with Crippen LogP contribution in [0.4, 0.5) is 4.39 Å². The number of halogens is 1. The molecule has 0 spiro atoms. The second-order valence-electron chi connectivity index (χ2n) is 12.1. The maximum absolute atomic E-state index is 14.8. The largest absolute Gasteiger partial charge is 0.388 e. The summed E-state index contributed by atoms with van der Waals surface area (Å²) in [4.78, 5) is 35.7. The summed E-state index contributed by atoms with van der Waals surface area (Å²) in [7, 11) is 3.49. The third-order valence-corrected chi connectivity index (χ3v) is 8.20. The Balaban J connectivity index is 1.96. The molecule has 238 valence electrons. The average molecular weight is 595 g/mol. The highest BCUT2D eigenvalue weighted by Crippen LogP contribution is 2.20. The molecule has 0 bridgehead atoms. The van der Waals surface area contributed by atoms with Crippen molar-refractivity contribution in [1.82, 2.24) is 19.6 Å². The smallest absolute Gasteiger partial charge is 0.256 e. The molecule has 3 rings (SSSR count). The normalized spacial score (nSPS) is 26.6. The number of aliphatic hydroxyl groups is 2. The van der Waals surface area contributed by atoms with Gasteiger partial charge in [0.05, 0.1) is 18.7 Å². The zero-order chi connectivity index (χ0) is 30.6. The zero-order valence-electron chi connectivity index (χ0n) is 25.8. The first-order chi connectivity index (χ1) is 20.1. The van der Waals surface area contributed by atoms with Gasteiger partial charge in [0.1, 0.15) is 24.1 Å². The molecule has 2 saturated heterocycles. The number of amides is 2. The van der Waals surface area contributed by atoms with Gasteiger partial charge in [-0.25, -0.2) is 4.39 Å². The molecule has 42 heavy (non-hydrogen) atoms. The summed E-state index contributed by atoms with van der Waals surface area (Å²) in [5, 5.41) is 21.5. The molecule has 0 aliphatic carbocycles. The van der Waals surface area contributed by atoms with E-state index in [1.807, 2.05) is 4.90 Å². The fraction of sp³-hybridized carbons (Fsp3) is 0.742. The number of methoxy groups -OCH3 is 1. The monoisotopic (exact) mass is 594 g/mol. The van der Waals surface area contributed by atoms with Crippen molar-refractivity contribution in [3.63, 3.8) is 0 Å². The maximum Gasteiger partial charge on any atom is 0.256 e. The fourth-order valence-corrected chi connectivity index (χ4v) is 5.77. The highest BCUT2D eigenvalue weighted by molar-refractivity contribution is 5.94. The number of rotatable bonds is 6. The van der Waals surface area contributed by atoms with E-state index >= 15 is 0 Å². The lowest BCUT2D eigenvalue weighted by Crippen LogP contribution is -2.55. The molecule has 1 aromatic rings. The Labute approximate surface area is 250 Å². The Kier molecular flexibility index (Phi) is 14.1. The molecule has 0 aromatic heterocycles. The molecular formula is C31H51FN4O6. The number of benzene rings is 1. The van der Waals surface area contributed by atoms with Crippen LogP contribution in [0.5, 0.6) is 0 Å². The molecule has 2 N–H and O–H groups in total. The molecule has 0 radical (unpaired) electrons. The van der Waals surface area contributed by atoms with Crippen LogP contribution in [0.2, 0.25) is 0 Å². The Morgan fingerprint density at radius 2 is 1.81 bits per heavy atom. The van der Waals surface area contributed by atoms with Gasteiger partial charge in [0.15, 0.2) is 0 Å². The Morgan fingerprint density at radius 3 is 2.52 bits per heavy atom. The second kappa shape index (κ2) is 17.2. The summed E-state index contributed by atoms with van der Waals surface area (Å²) in [6.45, 7) is 8.83. The topological polar surface area (TPSA) is 106 Å². The predicted octanol–water partition coefficient (Wildman–Crippen LogP) is 1.70. The molecule has 2 heterocycles.